The van der Waals surface area contributed by atoms with E-state index in [1.165, 1.54) is 14.2 Å². The highest BCUT2D eigenvalue weighted by atomic mass is 16.5. The molecule has 4 heterocycles. The van der Waals surface area contributed by atoms with E-state index in [-0.39, 0.29) is 5.91 Å². The summed E-state index contributed by atoms with van der Waals surface area (Å²) in [5.74, 6) is 3.08. The molecule has 2 aromatic rings. The SMILES string of the molecule is COc1ccc(C(=O)N2CCC(CCc3noc(C4CCOCC4)n3)CC2)c(OC)n1. The van der Waals surface area contributed by atoms with E-state index < -0.39 is 0 Å². The summed E-state index contributed by atoms with van der Waals surface area (Å²) in [6.45, 7) is 2.97. The molecule has 1 amide bonds. The fourth-order valence-corrected chi connectivity index (χ4v) is 4.26. The van der Waals surface area contributed by atoms with Crippen LogP contribution in [0.5, 0.6) is 11.8 Å². The second-order valence-electron chi connectivity index (χ2n) is 8.12. The Balaban J connectivity index is 1.26. The fourth-order valence-electron chi connectivity index (χ4n) is 4.26. The zero-order valence-electron chi connectivity index (χ0n) is 18.2. The Morgan fingerprint density at radius 1 is 1.10 bits per heavy atom. The first-order valence-corrected chi connectivity index (χ1v) is 11.0. The van der Waals surface area contributed by atoms with Crippen molar-refractivity contribution < 1.29 is 23.5 Å². The van der Waals surface area contributed by atoms with Gasteiger partial charge in [-0.25, -0.2) is 0 Å². The first-order chi connectivity index (χ1) is 15.2. The first-order valence-electron chi connectivity index (χ1n) is 11.0. The van der Waals surface area contributed by atoms with Gasteiger partial charge in [0.1, 0.15) is 5.56 Å². The first kappa shape index (κ1) is 21.5. The highest BCUT2D eigenvalue weighted by molar-refractivity contribution is 5.96. The molecule has 0 unspecified atom stereocenters. The molecule has 0 aliphatic carbocycles. The van der Waals surface area contributed by atoms with Crippen LogP contribution >= 0.6 is 0 Å². The number of nitrogens with zero attached hydrogens (tertiary/aromatic N) is 4. The van der Waals surface area contributed by atoms with Gasteiger partial charge in [-0.05, 0) is 44.1 Å². The van der Waals surface area contributed by atoms with E-state index >= 15 is 0 Å². The zero-order chi connectivity index (χ0) is 21.6. The molecule has 2 fully saturated rings. The molecule has 9 heteroatoms. The van der Waals surface area contributed by atoms with Crippen molar-refractivity contribution >= 4 is 5.91 Å². The summed E-state index contributed by atoms with van der Waals surface area (Å²) in [4.78, 5) is 23.6. The Labute approximate surface area is 182 Å². The summed E-state index contributed by atoms with van der Waals surface area (Å²) in [6, 6.07) is 3.40. The molecule has 2 aliphatic heterocycles. The summed E-state index contributed by atoms with van der Waals surface area (Å²) in [5.41, 5.74) is 0.467. The lowest BCUT2D eigenvalue weighted by atomic mass is 9.91. The molecule has 168 valence electrons. The van der Waals surface area contributed by atoms with Gasteiger partial charge in [0.25, 0.3) is 5.91 Å². The van der Waals surface area contributed by atoms with E-state index in [0.29, 0.717) is 29.2 Å². The molecule has 2 aromatic heterocycles. The van der Waals surface area contributed by atoms with Crippen LogP contribution < -0.4 is 9.47 Å². The molecule has 0 aromatic carbocycles. The lowest BCUT2D eigenvalue weighted by Crippen LogP contribution is -2.38. The third kappa shape index (κ3) is 5.15. The zero-order valence-corrected chi connectivity index (χ0v) is 18.2. The molecule has 0 radical (unpaired) electrons. The molecule has 0 bridgehead atoms. The smallest absolute Gasteiger partial charge is 0.259 e. The van der Waals surface area contributed by atoms with E-state index in [0.717, 1.165) is 76.5 Å². The van der Waals surface area contributed by atoms with Crippen LogP contribution in [0.4, 0.5) is 0 Å². The van der Waals surface area contributed by atoms with E-state index in [4.69, 9.17) is 18.7 Å². The Morgan fingerprint density at radius 3 is 2.58 bits per heavy atom. The third-order valence-corrected chi connectivity index (χ3v) is 6.20. The number of carbonyl (C=O) groups excluding carboxylic acids is 1. The average Bonchev–Trinajstić information content (AvgIpc) is 3.32. The number of aryl methyl sites for hydroxylation is 1. The lowest BCUT2D eigenvalue weighted by molar-refractivity contribution is 0.0682. The minimum atomic E-state index is -0.0512. The van der Waals surface area contributed by atoms with E-state index in [1.807, 2.05) is 4.90 Å². The summed E-state index contributed by atoms with van der Waals surface area (Å²) in [7, 11) is 3.05. The number of likely N-dealkylation sites (tertiary alicyclic amines) is 1. The van der Waals surface area contributed by atoms with Gasteiger partial charge < -0.3 is 23.6 Å². The second-order valence-corrected chi connectivity index (χ2v) is 8.12. The van der Waals surface area contributed by atoms with E-state index in [9.17, 15) is 4.79 Å². The van der Waals surface area contributed by atoms with Gasteiger partial charge in [-0.1, -0.05) is 5.16 Å². The van der Waals surface area contributed by atoms with Crippen molar-refractivity contribution in [1.29, 1.82) is 0 Å². The van der Waals surface area contributed by atoms with Crippen LogP contribution in [0, 0.1) is 5.92 Å². The summed E-state index contributed by atoms with van der Waals surface area (Å²) < 4.78 is 21.3. The van der Waals surface area contributed by atoms with Crippen molar-refractivity contribution in [3.05, 3.63) is 29.4 Å². The van der Waals surface area contributed by atoms with Crippen molar-refractivity contribution in [2.24, 2.45) is 5.92 Å². The number of carbonyl (C=O) groups is 1. The second kappa shape index (κ2) is 10.1. The van der Waals surface area contributed by atoms with Gasteiger partial charge in [-0.15, -0.1) is 0 Å². The molecule has 0 saturated carbocycles. The van der Waals surface area contributed by atoms with Gasteiger partial charge in [0.05, 0.1) is 14.2 Å². The Hall–Kier alpha value is -2.68. The molecular formula is C22H30N4O5. The van der Waals surface area contributed by atoms with Crippen LogP contribution in [0.15, 0.2) is 16.7 Å². The standard InChI is InChI=1S/C22H30N4O5/c1-28-19-6-4-17(21(24-19)29-2)22(27)26-11-7-15(8-12-26)3-5-18-23-20(31-25-18)16-9-13-30-14-10-16/h4,6,15-16H,3,5,7-14H2,1-2H3. The largest absolute Gasteiger partial charge is 0.481 e. The summed E-state index contributed by atoms with van der Waals surface area (Å²) in [5, 5.41) is 4.17. The monoisotopic (exact) mass is 430 g/mol. The van der Waals surface area contributed by atoms with Gasteiger partial charge in [0, 0.05) is 44.7 Å². The predicted octanol–water partition coefficient (Wildman–Crippen LogP) is 2.86. The fraction of sp³-hybridized carbons (Fsp3) is 0.636. The van der Waals surface area contributed by atoms with Crippen LogP contribution in [0.3, 0.4) is 0 Å². The molecule has 0 spiro atoms. The summed E-state index contributed by atoms with van der Waals surface area (Å²) in [6.07, 6.45) is 5.62. The molecule has 31 heavy (non-hydrogen) atoms. The number of amides is 1. The number of ether oxygens (including phenoxy) is 3. The molecule has 0 atom stereocenters. The molecule has 2 saturated heterocycles. The Bertz CT molecular complexity index is 873. The van der Waals surface area contributed by atoms with Gasteiger partial charge in [0.15, 0.2) is 5.82 Å². The predicted molar refractivity (Wildman–Crippen MR) is 111 cm³/mol. The number of hydrogen-bond donors (Lipinski definition) is 0. The van der Waals surface area contributed by atoms with Crippen molar-refractivity contribution in [2.45, 2.75) is 44.4 Å². The topological polar surface area (TPSA) is 99.8 Å². The number of hydrogen-bond acceptors (Lipinski definition) is 8. The van der Waals surface area contributed by atoms with Crippen molar-refractivity contribution in [3.8, 4) is 11.8 Å². The van der Waals surface area contributed by atoms with Crippen molar-refractivity contribution in [1.82, 2.24) is 20.0 Å². The minimum Gasteiger partial charge on any atom is -0.481 e. The maximum Gasteiger partial charge on any atom is 0.259 e. The maximum atomic E-state index is 12.9. The number of pyridine rings is 1. The van der Waals surface area contributed by atoms with Crippen LogP contribution in [0.2, 0.25) is 0 Å². The van der Waals surface area contributed by atoms with Gasteiger partial charge >= 0.3 is 0 Å². The van der Waals surface area contributed by atoms with Crippen LogP contribution in [0.25, 0.3) is 0 Å². The average molecular weight is 431 g/mol. The van der Waals surface area contributed by atoms with Crippen LogP contribution in [0.1, 0.15) is 60.1 Å². The molecule has 2 aliphatic rings. The normalized spacial score (nSPS) is 18.2. The quantitative estimate of drug-likeness (QED) is 0.661. The lowest BCUT2D eigenvalue weighted by Gasteiger charge is -2.32. The number of methoxy groups -OCH3 is 2. The maximum absolute atomic E-state index is 12.9. The Kier molecular flexibility index (Phi) is 7.01. The molecule has 4 rings (SSSR count). The van der Waals surface area contributed by atoms with E-state index in [1.54, 1.807) is 12.1 Å². The molecule has 0 N–H and O–H groups in total. The molecular weight excluding hydrogens is 400 g/mol. The molecule has 9 nitrogen and oxygen atoms in total. The number of aromatic nitrogens is 3. The van der Waals surface area contributed by atoms with Crippen molar-refractivity contribution in [3.63, 3.8) is 0 Å². The highest BCUT2D eigenvalue weighted by Crippen LogP contribution is 2.28. The summed E-state index contributed by atoms with van der Waals surface area (Å²) >= 11 is 0. The third-order valence-electron chi connectivity index (χ3n) is 6.20. The number of piperidine rings is 1. The van der Waals surface area contributed by atoms with Gasteiger partial charge in [-0.3, -0.25) is 4.79 Å². The van der Waals surface area contributed by atoms with Crippen LogP contribution in [-0.2, 0) is 11.2 Å². The van der Waals surface area contributed by atoms with Crippen LogP contribution in [-0.4, -0.2) is 66.5 Å². The van der Waals surface area contributed by atoms with E-state index in [2.05, 4.69) is 15.1 Å². The number of rotatable bonds is 7. The Morgan fingerprint density at radius 2 is 1.87 bits per heavy atom. The van der Waals surface area contributed by atoms with Gasteiger partial charge in [-0.2, -0.15) is 9.97 Å². The van der Waals surface area contributed by atoms with Crippen molar-refractivity contribution in [2.75, 3.05) is 40.5 Å². The highest BCUT2D eigenvalue weighted by Gasteiger charge is 2.27. The minimum absolute atomic E-state index is 0.0512. The van der Waals surface area contributed by atoms with Gasteiger partial charge in [0.2, 0.25) is 17.7 Å².